The van der Waals surface area contributed by atoms with E-state index in [1.54, 1.807) is 0 Å². The molecule has 0 unspecified atom stereocenters. The Morgan fingerprint density at radius 1 is 0.446 bits per heavy atom. The molecular formula is C52H73NO3. The molecule has 0 heterocycles. The van der Waals surface area contributed by atoms with E-state index in [1.807, 2.05) is 12.3 Å². The molecule has 0 aliphatic carbocycles. The lowest BCUT2D eigenvalue weighted by molar-refractivity contribution is 0.426. The lowest BCUT2D eigenvalue weighted by Crippen LogP contribution is -2.21. The molecule has 4 nitrogen and oxygen atoms in total. The van der Waals surface area contributed by atoms with Gasteiger partial charge in [-0.3, -0.25) is 4.99 Å². The summed E-state index contributed by atoms with van der Waals surface area (Å²) < 4.78 is 0. The number of phenolic OH excluding ortho intramolecular Hbond substituents is 3. The minimum Gasteiger partial charge on any atom is -0.507 e. The van der Waals surface area contributed by atoms with Crippen LogP contribution in [-0.2, 0) is 27.1 Å². The van der Waals surface area contributed by atoms with Crippen LogP contribution in [0.25, 0.3) is 0 Å². The Kier molecular flexibility index (Phi) is 12.3. The lowest BCUT2D eigenvalue weighted by Gasteiger charge is -2.33. The first-order chi connectivity index (χ1) is 25.4. The van der Waals surface area contributed by atoms with Gasteiger partial charge in [0.1, 0.15) is 17.2 Å². The third kappa shape index (κ3) is 9.38. The van der Waals surface area contributed by atoms with Gasteiger partial charge in [-0.05, 0) is 83.9 Å². The molecule has 3 N–H and O–H groups in total. The standard InChI is InChI=1S/C52H73NO3/c1-30(2)36-21-20-22-37(31(3)4)44(36)53-29-32-23-33(48(5,6)7)24-38(45(32)54)43(39-25-34(49(8,9)10)27-41(46(39)55)51(14,15)16)40-26-35(50(11,12)13)28-42(47(40)56)52(17,18)19/h20-31,43,54-56H,1-19H3. The molecule has 0 bridgehead atoms. The predicted octanol–water partition coefficient (Wildman–Crippen LogP) is 14.5. The van der Waals surface area contributed by atoms with Crippen molar-refractivity contribution < 1.29 is 15.3 Å². The van der Waals surface area contributed by atoms with E-state index in [0.717, 1.165) is 44.6 Å². The summed E-state index contributed by atoms with van der Waals surface area (Å²) in [5, 5.41) is 37.9. The molecule has 4 heteroatoms. The molecule has 4 rings (SSSR count). The van der Waals surface area contributed by atoms with Crippen LogP contribution in [0, 0.1) is 0 Å². The fourth-order valence-electron chi connectivity index (χ4n) is 7.49. The second kappa shape index (κ2) is 15.4. The number of aromatic hydroxyl groups is 3. The quantitative estimate of drug-likeness (QED) is 0.130. The number of para-hydroxylation sites is 1. The molecule has 0 radical (unpaired) electrons. The van der Waals surface area contributed by atoms with Crippen LogP contribution in [0.3, 0.4) is 0 Å². The van der Waals surface area contributed by atoms with Gasteiger partial charge in [-0.2, -0.15) is 0 Å². The molecule has 304 valence electrons. The maximum Gasteiger partial charge on any atom is 0.128 e. The topological polar surface area (TPSA) is 73.1 Å². The predicted molar refractivity (Wildman–Crippen MR) is 241 cm³/mol. The van der Waals surface area contributed by atoms with Crippen molar-refractivity contribution in [1.82, 2.24) is 0 Å². The number of rotatable bonds is 7. The first kappa shape index (κ1) is 44.7. The summed E-state index contributed by atoms with van der Waals surface area (Å²) in [6.07, 6.45) is 1.82. The Morgan fingerprint density at radius 3 is 1.11 bits per heavy atom. The first-order valence-corrected chi connectivity index (χ1v) is 20.7. The number of aliphatic imine (C=N–C) groups is 1. The monoisotopic (exact) mass is 760 g/mol. The third-order valence-electron chi connectivity index (χ3n) is 11.3. The molecule has 0 aliphatic heterocycles. The van der Waals surface area contributed by atoms with E-state index in [4.69, 9.17) is 4.99 Å². The first-order valence-electron chi connectivity index (χ1n) is 20.7. The molecule has 0 amide bonds. The molecule has 0 saturated heterocycles. The largest absolute Gasteiger partial charge is 0.507 e. The van der Waals surface area contributed by atoms with Gasteiger partial charge in [0, 0.05) is 34.4 Å². The zero-order valence-electron chi connectivity index (χ0n) is 38.3. The minimum atomic E-state index is -0.731. The highest BCUT2D eigenvalue weighted by Gasteiger charge is 2.36. The smallest absolute Gasteiger partial charge is 0.128 e. The molecule has 4 aromatic rings. The van der Waals surface area contributed by atoms with Crippen LogP contribution in [0.5, 0.6) is 17.2 Å². The number of benzene rings is 4. The highest BCUT2D eigenvalue weighted by Crippen LogP contribution is 2.51. The van der Waals surface area contributed by atoms with E-state index >= 15 is 0 Å². The summed E-state index contributed by atoms with van der Waals surface area (Å²) in [7, 11) is 0. The van der Waals surface area contributed by atoms with Gasteiger partial charge in [0.25, 0.3) is 0 Å². The van der Waals surface area contributed by atoms with Crippen LogP contribution in [0.4, 0.5) is 5.69 Å². The molecule has 0 atom stereocenters. The third-order valence-corrected chi connectivity index (χ3v) is 11.3. The van der Waals surface area contributed by atoms with Gasteiger partial charge >= 0.3 is 0 Å². The number of hydrogen-bond donors (Lipinski definition) is 3. The van der Waals surface area contributed by atoms with E-state index in [9.17, 15) is 15.3 Å². The Balaban J connectivity index is 2.30. The van der Waals surface area contributed by atoms with Crippen molar-refractivity contribution >= 4 is 11.9 Å². The van der Waals surface area contributed by atoms with Crippen molar-refractivity contribution in [2.24, 2.45) is 4.99 Å². The summed E-state index contributed by atoms with van der Waals surface area (Å²) in [6.45, 7) is 41.1. The Hall–Kier alpha value is -4.05. The maximum absolute atomic E-state index is 12.8. The second-order valence-electron chi connectivity index (χ2n) is 22.0. The molecular weight excluding hydrogens is 687 g/mol. The highest BCUT2D eigenvalue weighted by atomic mass is 16.3. The normalized spacial score (nSPS) is 13.5. The van der Waals surface area contributed by atoms with Gasteiger partial charge in [-0.1, -0.05) is 180 Å². The van der Waals surface area contributed by atoms with Crippen molar-refractivity contribution in [1.29, 1.82) is 0 Å². The van der Waals surface area contributed by atoms with E-state index in [1.165, 1.54) is 0 Å². The van der Waals surface area contributed by atoms with Crippen molar-refractivity contribution in [3.05, 3.63) is 116 Å². The zero-order chi connectivity index (χ0) is 42.7. The van der Waals surface area contributed by atoms with E-state index in [2.05, 4.69) is 180 Å². The zero-order valence-corrected chi connectivity index (χ0v) is 38.3. The van der Waals surface area contributed by atoms with Gasteiger partial charge in [0.15, 0.2) is 0 Å². The minimum absolute atomic E-state index is 0.0793. The van der Waals surface area contributed by atoms with Crippen LogP contribution < -0.4 is 0 Å². The Labute approximate surface area is 340 Å². The van der Waals surface area contributed by atoms with Gasteiger partial charge < -0.3 is 15.3 Å². The van der Waals surface area contributed by atoms with Crippen LogP contribution in [0.2, 0.25) is 0 Å². The number of phenols is 3. The highest BCUT2D eigenvalue weighted by molar-refractivity contribution is 5.88. The summed E-state index contributed by atoms with van der Waals surface area (Å²) in [4.78, 5) is 5.19. The molecule has 0 aromatic heterocycles. The second-order valence-corrected chi connectivity index (χ2v) is 22.0. The van der Waals surface area contributed by atoms with Gasteiger partial charge in [-0.15, -0.1) is 0 Å². The summed E-state index contributed by atoms with van der Waals surface area (Å²) >= 11 is 0. The molecule has 0 spiro atoms. The Morgan fingerprint density at radius 2 is 0.786 bits per heavy atom. The maximum atomic E-state index is 12.8. The van der Waals surface area contributed by atoms with Crippen LogP contribution >= 0.6 is 0 Å². The number of nitrogens with zero attached hydrogens (tertiary/aromatic N) is 1. The molecule has 56 heavy (non-hydrogen) atoms. The fourth-order valence-corrected chi connectivity index (χ4v) is 7.49. The van der Waals surface area contributed by atoms with E-state index < -0.39 is 5.92 Å². The van der Waals surface area contributed by atoms with Crippen LogP contribution in [0.1, 0.15) is 211 Å². The van der Waals surface area contributed by atoms with Crippen LogP contribution in [-0.4, -0.2) is 21.5 Å². The van der Waals surface area contributed by atoms with Gasteiger partial charge in [0.2, 0.25) is 0 Å². The number of hydrogen-bond acceptors (Lipinski definition) is 4. The SMILES string of the molecule is CC(C)c1cccc(C(C)C)c1N=Cc1cc(C(C)(C)C)cc(C(c2cc(C(C)(C)C)cc(C(C)(C)C)c2O)c2cc(C(C)(C)C)cc(C(C)(C)C)c2O)c1O. The molecule has 4 aromatic carbocycles. The molecule has 0 fully saturated rings. The van der Waals surface area contributed by atoms with Gasteiger partial charge in [0.05, 0.1) is 5.69 Å². The van der Waals surface area contributed by atoms with Crippen molar-refractivity contribution in [3.8, 4) is 17.2 Å². The summed E-state index contributed by atoms with van der Waals surface area (Å²) in [5.74, 6) is 0.232. The van der Waals surface area contributed by atoms with Crippen molar-refractivity contribution in [2.75, 3.05) is 0 Å². The molecule has 0 saturated carbocycles. The lowest BCUT2D eigenvalue weighted by atomic mass is 9.71. The Bertz CT molecular complexity index is 1990. The molecule has 0 aliphatic rings. The summed E-state index contributed by atoms with van der Waals surface area (Å²) in [6, 6.07) is 19.0. The van der Waals surface area contributed by atoms with E-state index in [0.29, 0.717) is 22.3 Å². The fraction of sp³-hybridized carbons (Fsp3) is 0.519. The average molecular weight is 760 g/mol. The van der Waals surface area contributed by atoms with Crippen LogP contribution in [0.15, 0.2) is 59.6 Å². The average Bonchev–Trinajstić information content (AvgIpc) is 3.03. The summed E-state index contributed by atoms with van der Waals surface area (Å²) in [5.41, 5.74) is 9.02. The van der Waals surface area contributed by atoms with E-state index in [-0.39, 0.29) is 56.2 Å². The van der Waals surface area contributed by atoms with Crippen molar-refractivity contribution in [2.45, 2.75) is 176 Å². The van der Waals surface area contributed by atoms with Gasteiger partial charge in [-0.25, -0.2) is 0 Å². The van der Waals surface area contributed by atoms with Crippen molar-refractivity contribution in [3.63, 3.8) is 0 Å².